The lowest BCUT2D eigenvalue weighted by atomic mass is 10.1. The Morgan fingerprint density at radius 3 is 2.00 bits per heavy atom. The molecule has 1 rings (SSSR count). The van der Waals surface area contributed by atoms with Gasteiger partial charge in [-0.25, -0.2) is 0 Å². The first kappa shape index (κ1) is 18.7. The fraction of sp³-hybridized carbons (Fsp3) is 0.636. The van der Waals surface area contributed by atoms with Gasteiger partial charge in [0.1, 0.15) is 0 Å². The van der Waals surface area contributed by atoms with E-state index in [1.807, 2.05) is 0 Å². The van der Waals surface area contributed by atoms with E-state index in [1.54, 1.807) is 0 Å². The average Bonchev–Trinajstić information content (AvgIpc) is 2.57. The highest BCUT2D eigenvalue weighted by Crippen LogP contribution is 2.07. The summed E-state index contributed by atoms with van der Waals surface area (Å²) in [6, 6.07) is 0. The fourth-order valence-electron chi connectivity index (χ4n) is 1.48. The van der Waals surface area contributed by atoms with Gasteiger partial charge in [0.2, 0.25) is 0 Å². The van der Waals surface area contributed by atoms with Gasteiger partial charge < -0.3 is 11.5 Å². The van der Waals surface area contributed by atoms with Gasteiger partial charge in [0, 0.05) is 18.7 Å². The molecule has 9 heteroatoms. The second-order valence-electron chi connectivity index (χ2n) is 4.41. The standard InChI is InChI=1S/C10H17N3O2.CH4O3S/c11-8(12)4-2-1-3-7-13-9(14)5-6-10(13)15;1-5(2,3)4/h5-6,8H,1-4,7,11-12H2;1H3,(H,2,3,4). The van der Waals surface area contributed by atoms with Crippen LogP contribution in [0, 0.1) is 0 Å². The Bertz CT molecular complexity index is 433. The smallest absolute Gasteiger partial charge is 0.261 e. The number of imide groups is 1. The molecule has 0 saturated carbocycles. The molecule has 0 aliphatic carbocycles. The van der Waals surface area contributed by atoms with Crippen molar-refractivity contribution in [2.24, 2.45) is 11.5 Å². The van der Waals surface area contributed by atoms with Crippen LogP contribution in [0.15, 0.2) is 12.2 Å². The first-order chi connectivity index (χ1) is 9.11. The normalized spacial score (nSPS) is 14.8. The second-order valence-corrected chi connectivity index (χ2v) is 5.87. The number of nitrogens with zero attached hydrogens (tertiary/aromatic N) is 1. The summed E-state index contributed by atoms with van der Waals surface area (Å²) in [6.07, 6.45) is 6.51. The Kier molecular flexibility index (Phi) is 8.23. The van der Waals surface area contributed by atoms with Crippen molar-refractivity contribution in [1.82, 2.24) is 4.90 Å². The van der Waals surface area contributed by atoms with E-state index in [1.165, 1.54) is 17.1 Å². The summed E-state index contributed by atoms with van der Waals surface area (Å²) in [5.74, 6) is -0.425. The largest absolute Gasteiger partial charge is 0.316 e. The first-order valence-corrected chi connectivity index (χ1v) is 7.93. The molecule has 0 spiro atoms. The van der Waals surface area contributed by atoms with Gasteiger partial charge in [0.15, 0.2) is 0 Å². The molecule has 0 bridgehead atoms. The SMILES string of the molecule is CS(=O)(=O)O.NC(N)CCCCCN1C(=O)C=CC1=O. The Balaban J connectivity index is 0.000000621. The van der Waals surface area contributed by atoms with E-state index in [0.29, 0.717) is 12.8 Å². The molecule has 0 aromatic heterocycles. The maximum absolute atomic E-state index is 11.1. The molecular weight excluding hydrogens is 286 g/mol. The molecule has 116 valence electrons. The number of hydrogen-bond donors (Lipinski definition) is 3. The molecule has 0 atom stereocenters. The number of unbranched alkanes of at least 4 members (excludes halogenated alkanes) is 2. The number of carbonyl (C=O) groups excluding carboxylic acids is 2. The van der Waals surface area contributed by atoms with Crippen molar-refractivity contribution < 1.29 is 22.6 Å². The molecule has 0 radical (unpaired) electrons. The Morgan fingerprint density at radius 2 is 1.60 bits per heavy atom. The predicted molar refractivity (Wildman–Crippen MR) is 74.0 cm³/mol. The zero-order valence-electron chi connectivity index (χ0n) is 11.4. The molecular formula is C11H21N3O5S. The van der Waals surface area contributed by atoms with Gasteiger partial charge in [0.05, 0.1) is 12.4 Å². The van der Waals surface area contributed by atoms with E-state index in [4.69, 9.17) is 16.0 Å². The van der Waals surface area contributed by atoms with Crippen molar-refractivity contribution in [1.29, 1.82) is 0 Å². The minimum atomic E-state index is -3.67. The van der Waals surface area contributed by atoms with Crippen LogP contribution in [0.1, 0.15) is 25.7 Å². The molecule has 1 aliphatic rings. The monoisotopic (exact) mass is 307 g/mol. The predicted octanol–water partition coefficient (Wildman–Crippen LogP) is -0.781. The van der Waals surface area contributed by atoms with Crippen molar-refractivity contribution >= 4 is 21.9 Å². The van der Waals surface area contributed by atoms with Crippen molar-refractivity contribution in [2.45, 2.75) is 31.8 Å². The van der Waals surface area contributed by atoms with Gasteiger partial charge in [-0.15, -0.1) is 0 Å². The van der Waals surface area contributed by atoms with E-state index in [2.05, 4.69) is 0 Å². The Morgan fingerprint density at radius 1 is 1.15 bits per heavy atom. The molecule has 1 aliphatic heterocycles. The van der Waals surface area contributed by atoms with E-state index >= 15 is 0 Å². The van der Waals surface area contributed by atoms with E-state index in [0.717, 1.165) is 25.7 Å². The van der Waals surface area contributed by atoms with Gasteiger partial charge in [-0.3, -0.25) is 19.0 Å². The van der Waals surface area contributed by atoms with Crippen LogP contribution in [0.5, 0.6) is 0 Å². The summed E-state index contributed by atoms with van der Waals surface area (Å²) in [4.78, 5) is 23.5. The van der Waals surface area contributed by atoms with Gasteiger partial charge in [-0.05, 0) is 12.8 Å². The second kappa shape index (κ2) is 8.80. The maximum atomic E-state index is 11.1. The van der Waals surface area contributed by atoms with Crippen molar-refractivity contribution in [3.63, 3.8) is 0 Å². The summed E-state index contributed by atoms with van der Waals surface area (Å²) in [6.45, 7) is 0.491. The van der Waals surface area contributed by atoms with Gasteiger partial charge >= 0.3 is 0 Å². The number of hydrogen-bond acceptors (Lipinski definition) is 6. The minimum absolute atomic E-state index is 0.212. The summed E-state index contributed by atoms with van der Waals surface area (Å²) in [5.41, 5.74) is 10.8. The lowest BCUT2D eigenvalue weighted by Crippen LogP contribution is -2.31. The molecule has 8 nitrogen and oxygen atoms in total. The minimum Gasteiger partial charge on any atom is -0.316 e. The maximum Gasteiger partial charge on any atom is 0.261 e. The molecule has 0 fully saturated rings. The molecule has 0 aromatic carbocycles. The summed E-state index contributed by atoms with van der Waals surface area (Å²) in [7, 11) is -3.67. The summed E-state index contributed by atoms with van der Waals surface area (Å²) >= 11 is 0. The summed E-state index contributed by atoms with van der Waals surface area (Å²) < 4.78 is 25.9. The van der Waals surface area contributed by atoms with E-state index in [9.17, 15) is 18.0 Å². The van der Waals surface area contributed by atoms with Crippen LogP contribution in [0.4, 0.5) is 0 Å². The van der Waals surface area contributed by atoms with Gasteiger partial charge in [0.25, 0.3) is 21.9 Å². The third kappa shape index (κ3) is 10.6. The molecule has 1 heterocycles. The number of rotatable bonds is 6. The Hall–Kier alpha value is -1.29. The first-order valence-electron chi connectivity index (χ1n) is 6.08. The zero-order valence-corrected chi connectivity index (χ0v) is 12.2. The number of amides is 2. The van der Waals surface area contributed by atoms with Crippen LogP contribution >= 0.6 is 0 Å². The van der Waals surface area contributed by atoms with Crippen molar-refractivity contribution in [3.8, 4) is 0 Å². The van der Waals surface area contributed by atoms with E-state index < -0.39 is 10.1 Å². The molecule has 0 saturated heterocycles. The highest BCUT2D eigenvalue weighted by molar-refractivity contribution is 7.85. The highest BCUT2D eigenvalue weighted by atomic mass is 32.2. The van der Waals surface area contributed by atoms with Crippen LogP contribution in [0.25, 0.3) is 0 Å². The van der Waals surface area contributed by atoms with Crippen LogP contribution < -0.4 is 11.5 Å². The highest BCUT2D eigenvalue weighted by Gasteiger charge is 2.21. The van der Waals surface area contributed by atoms with Crippen LogP contribution in [0.2, 0.25) is 0 Å². The van der Waals surface area contributed by atoms with Crippen molar-refractivity contribution in [2.75, 3.05) is 12.8 Å². The van der Waals surface area contributed by atoms with Crippen LogP contribution in [-0.4, -0.2) is 48.7 Å². The van der Waals surface area contributed by atoms with E-state index in [-0.39, 0.29) is 18.0 Å². The van der Waals surface area contributed by atoms with Gasteiger partial charge in [-0.1, -0.05) is 12.8 Å². The number of carbonyl (C=O) groups is 2. The quantitative estimate of drug-likeness (QED) is 0.253. The average molecular weight is 307 g/mol. The third-order valence-corrected chi connectivity index (χ3v) is 2.32. The van der Waals surface area contributed by atoms with Crippen molar-refractivity contribution in [3.05, 3.63) is 12.2 Å². The molecule has 20 heavy (non-hydrogen) atoms. The summed E-state index contributed by atoms with van der Waals surface area (Å²) in [5, 5.41) is 0. The van der Waals surface area contributed by atoms with Crippen LogP contribution in [-0.2, 0) is 19.7 Å². The molecule has 0 unspecified atom stereocenters. The molecule has 5 N–H and O–H groups in total. The third-order valence-electron chi connectivity index (χ3n) is 2.32. The van der Waals surface area contributed by atoms with Gasteiger partial charge in [-0.2, -0.15) is 8.42 Å². The topological polar surface area (TPSA) is 144 Å². The zero-order chi connectivity index (χ0) is 15.8. The Labute approximate surface area is 118 Å². The number of nitrogens with two attached hydrogens (primary N) is 2. The molecule has 0 aromatic rings. The lowest BCUT2D eigenvalue weighted by molar-refractivity contribution is -0.136. The van der Waals surface area contributed by atoms with Crippen LogP contribution in [0.3, 0.4) is 0 Å². The fourth-order valence-corrected chi connectivity index (χ4v) is 1.48. The molecule has 2 amide bonds. The lowest BCUT2D eigenvalue weighted by Gasteiger charge is -2.13.